The van der Waals surface area contributed by atoms with E-state index in [1.807, 2.05) is 6.92 Å². The first kappa shape index (κ1) is 25.3. The van der Waals surface area contributed by atoms with Gasteiger partial charge in [0.25, 0.3) is 10.1 Å². The molecule has 0 aliphatic carbocycles. The molecule has 154 valence electrons. The van der Waals surface area contributed by atoms with Crippen LogP contribution in [-0.2, 0) is 10.1 Å². The summed E-state index contributed by atoms with van der Waals surface area (Å²) in [4.78, 5) is -0.00406. The molecular formula is C24H28NaO3PS. The van der Waals surface area contributed by atoms with Crippen LogP contribution in [0, 0.1) is 41.5 Å². The monoisotopic (exact) mass is 450 g/mol. The third-order valence-corrected chi connectivity index (χ3v) is 9.06. The first-order valence-corrected chi connectivity index (χ1v) is 12.3. The zero-order valence-corrected chi connectivity index (χ0v) is 19.4. The molecule has 0 spiro atoms. The predicted molar refractivity (Wildman–Crippen MR) is 131 cm³/mol. The molecule has 3 nitrogen and oxygen atoms in total. The Bertz CT molecular complexity index is 1150. The van der Waals surface area contributed by atoms with Gasteiger partial charge >= 0.3 is 29.6 Å². The Hall–Kier alpha value is -1.000. The van der Waals surface area contributed by atoms with E-state index >= 15 is 0 Å². The molecule has 0 unspecified atom stereocenters. The predicted octanol–water partition coefficient (Wildman–Crippen LogP) is 3.89. The van der Waals surface area contributed by atoms with Gasteiger partial charge in [0, 0.05) is 0 Å². The van der Waals surface area contributed by atoms with Gasteiger partial charge in [-0.3, -0.25) is 4.55 Å². The van der Waals surface area contributed by atoms with Crippen LogP contribution in [0.25, 0.3) is 0 Å². The third kappa shape index (κ3) is 5.24. The summed E-state index contributed by atoms with van der Waals surface area (Å²) in [5.41, 5.74) is 6.13. The van der Waals surface area contributed by atoms with Gasteiger partial charge in [-0.05, 0) is 93.7 Å². The van der Waals surface area contributed by atoms with E-state index in [0.29, 0.717) is 5.56 Å². The van der Waals surface area contributed by atoms with Crippen molar-refractivity contribution in [1.82, 2.24) is 0 Å². The summed E-state index contributed by atoms with van der Waals surface area (Å²) >= 11 is 0. The van der Waals surface area contributed by atoms with Crippen molar-refractivity contribution in [2.75, 3.05) is 0 Å². The molecule has 0 saturated carbocycles. The SMILES string of the molecule is Cc1ccc(C)c(P(c2cc(C)ccc2C)c2cc(C)cc(S(=O)(=O)O)c2C)c1.[NaH]. The quantitative estimate of drug-likeness (QED) is 0.373. The fourth-order valence-electron chi connectivity index (χ4n) is 3.62. The summed E-state index contributed by atoms with van der Waals surface area (Å²) in [7, 11) is -5.30. The van der Waals surface area contributed by atoms with Gasteiger partial charge in [-0.1, -0.05) is 53.6 Å². The van der Waals surface area contributed by atoms with Crippen LogP contribution in [0.3, 0.4) is 0 Å². The van der Waals surface area contributed by atoms with Crippen LogP contribution in [0.4, 0.5) is 0 Å². The van der Waals surface area contributed by atoms with E-state index in [4.69, 9.17) is 0 Å². The molecule has 0 atom stereocenters. The summed E-state index contributed by atoms with van der Waals surface area (Å²) < 4.78 is 33.9. The van der Waals surface area contributed by atoms with Crippen LogP contribution in [0.15, 0.2) is 53.4 Å². The Labute approximate surface area is 203 Å². The zero-order chi connectivity index (χ0) is 21.5. The molecule has 0 heterocycles. The number of hydrogen-bond acceptors (Lipinski definition) is 2. The Morgan fingerprint density at radius 3 is 1.53 bits per heavy atom. The van der Waals surface area contributed by atoms with Gasteiger partial charge < -0.3 is 0 Å². The minimum absolute atomic E-state index is 0. The van der Waals surface area contributed by atoms with Crippen molar-refractivity contribution in [1.29, 1.82) is 0 Å². The van der Waals surface area contributed by atoms with E-state index in [0.717, 1.165) is 10.9 Å². The fourth-order valence-corrected chi connectivity index (χ4v) is 7.61. The van der Waals surface area contributed by atoms with Crippen molar-refractivity contribution >= 4 is 63.5 Å². The Morgan fingerprint density at radius 1 is 0.667 bits per heavy atom. The van der Waals surface area contributed by atoms with E-state index in [9.17, 15) is 13.0 Å². The molecule has 0 bridgehead atoms. The standard InChI is InChI=1S/C24H27O3PS.Na.H/c1-15-7-9-18(4)21(11-15)28(22-12-16(2)8-10-19(22)5)23-13-17(3)14-24(20(23)6)29(25,26)27;;/h7-14H,1-6H3,(H,25,26,27);;. The van der Waals surface area contributed by atoms with Crippen LogP contribution < -0.4 is 15.9 Å². The average molecular weight is 451 g/mol. The van der Waals surface area contributed by atoms with Gasteiger partial charge in [0.05, 0.1) is 4.90 Å². The summed E-state index contributed by atoms with van der Waals surface area (Å²) in [5.74, 6) is 0. The van der Waals surface area contributed by atoms with Crippen molar-refractivity contribution < 1.29 is 13.0 Å². The third-order valence-electron chi connectivity index (χ3n) is 5.21. The van der Waals surface area contributed by atoms with Crippen molar-refractivity contribution in [3.8, 4) is 0 Å². The Kier molecular flexibility index (Phi) is 8.12. The summed E-state index contributed by atoms with van der Waals surface area (Å²) in [6.07, 6.45) is 0. The Morgan fingerprint density at radius 2 is 1.10 bits per heavy atom. The molecule has 3 rings (SSSR count). The molecule has 0 saturated heterocycles. The van der Waals surface area contributed by atoms with Gasteiger partial charge in [0.15, 0.2) is 0 Å². The van der Waals surface area contributed by atoms with E-state index < -0.39 is 18.0 Å². The van der Waals surface area contributed by atoms with Crippen LogP contribution in [-0.4, -0.2) is 42.5 Å². The normalized spacial score (nSPS) is 11.5. The summed E-state index contributed by atoms with van der Waals surface area (Å²) in [5, 5.41) is 3.39. The van der Waals surface area contributed by atoms with Crippen molar-refractivity contribution in [2.24, 2.45) is 0 Å². The molecule has 0 fully saturated rings. The molecule has 0 amide bonds. The maximum atomic E-state index is 12.1. The van der Waals surface area contributed by atoms with Crippen LogP contribution >= 0.6 is 7.92 Å². The maximum absolute atomic E-state index is 12.1. The average Bonchev–Trinajstić information content (AvgIpc) is 2.62. The van der Waals surface area contributed by atoms with E-state index in [2.05, 4.69) is 70.2 Å². The zero-order valence-electron chi connectivity index (χ0n) is 17.7. The molecule has 0 radical (unpaired) electrons. The first-order chi connectivity index (χ1) is 13.5. The van der Waals surface area contributed by atoms with Gasteiger partial charge in [-0.25, -0.2) is 0 Å². The van der Waals surface area contributed by atoms with E-state index in [1.165, 1.54) is 32.9 Å². The minimum atomic E-state index is -4.30. The number of hydrogen-bond donors (Lipinski definition) is 1. The van der Waals surface area contributed by atoms with Gasteiger partial charge in [0.2, 0.25) is 0 Å². The van der Waals surface area contributed by atoms with Crippen LogP contribution in [0.2, 0.25) is 0 Å². The summed E-state index contributed by atoms with van der Waals surface area (Å²) in [6, 6.07) is 16.5. The topological polar surface area (TPSA) is 54.4 Å². The molecule has 3 aromatic carbocycles. The molecule has 30 heavy (non-hydrogen) atoms. The van der Waals surface area contributed by atoms with Crippen molar-refractivity contribution in [3.05, 3.63) is 81.9 Å². The van der Waals surface area contributed by atoms with E-state index in [-0.39, 0.29) is 34.5 Å². The second-order valence-electron chi connectivity index (χ2n) is 7.80. The molecular weight excluding hydrogens is 422 g/mol. The van der Waals surface area contributed by atoms with Crippen molar-refractivity contribution in [3.63, 3.8) is 0 Å². The van der Waals surface area contributed by atoms with Gasteiger partial charge in [0.1, 0.15) is 0 Å². The number of rotatable bonds is 4. The molecule has 3 aromatic rings. The fraction of sp³-hybridized carbons (Fsp3) is 0.250. The Balaban J connectivity index is 0.00000320. The second-order valence-corrected chi connectivity index (χ2v) is 11.3. The number of benzene rings is 3. The van der Waals surface area contributed by atoms with Gasteiger partial charge in [-0.15, -0.1) is 0 Å². The van der Waals surface area contributed by atoms with Gasteiger partial charge in [-0.2, -0.15) is 8.42 Å². The molecule has 1 N–H and O–H groups in total. The second kappa shape index (κ2) is 9.65. The molecule has 0 aliphatic heterocycles. The van der Waals surface area contributed by atoms with Crippen molar-refractivity contribution in [2.45, 2.75) is 46.4 Å². The van der Waals surface area contributed by atoms with Crippen LogP contribution in [0.5, 0.6) is 0 Å². The summed E-state index contributed by atoms with van der Waals surface area (Å²) in [6.45, 7) is 12.0. The first-order valence-electron chi connectivity index (χ1n) is 9.52. The molecule has 0 aromatic heterocycles. The molecule has 0 aliphatic rings. The van der Waals surface area contributed by atoms with E-state index in [1.54, 1.807) is 13.0 Å². The van der Waals surface area contributed by atoms with Crippen LogP contribution in [0.1, 0.15) is 33.4 Å². The number of aryl methyl sites for hydroxylation is 5. The molecule has 6 heteroatoms.